The number of likely N-dealkylation sites (tertiary alicyclic amines) is 1. The number of anilines is 1. The molecule has 5 heteroatoms. The molecule has 0 aromatic heterocycles. The molecule has 1 aliphatic rings. The Kier molecular flexibility index (Phi) is 4.27. The zero-order valence-corrected chi connectivity index (χ0v) is 11.4. The number of nitrogen functional groups attached to an aromatic ring is 1. The van der Waals surface area contributed by atoms with Gasteiger partial charge in [0.2, 0.25) is 0 Å². The Bertz CT molecular complexity index is 462. The summed E-state index contributed by atoms with van der Waals surface area (Å²) < 4.78 is 10.4. The molecule has 1 fully saturated rings. The number of nitrogens with two attached hydrogens (primary N) is 1. The van der Waals surface area contributed by atoms with E-state index >= 15 is 0 Å². The maximum Gasteiger partial charge on any atom is 0.259 e. The van der Waals surface area contributed by atoms with Gasteiger partial charge in [-0.15, -0.1) is 0 Å². The number of ether oxygens (including phenoxy) is 2. The molecule has 1 aliphatic heterocycles. The van der Waals surface area contributed by atoms with Crippen molar-refractivity contribution >= 4 is 11.6 Å². The zero-order valence-electron chi connectivity index (χ0n) is 11.4. The van der Waals surface area contributed by atoms with Crippen molar-refractivity contribution in [3.63, 3.8) is 0 Å². The van der Waals surface area contributed by atoms with E-state index in [1.54, 1.807) is 32.4 Å². The second kappa shape index (κ2) is 5.93. The number of methoxy groups -OCH3 is 2. The summed E-state index contributed by atoms with van der Waals surface area (Å²) in [7, 11) is 3.23. The van der Waals surface area contributed by atoms with Gasteiger partial charge in [-0.1, -0.05) is 6.07 Å². The Morgan fingerprint density at radius 1 is 1.47 bits per heavy atom. The summed E-state index contributed by atoms with van der Waals surface area (Å²) in [6.45, 7) is 2.14. The van der Waals surface area contributed by atoms with Crippen LogP contribution in [0.3, 0.4) is 0 Å². The molecule has 1 aromatic rings. The van der Waals surface area contributed by atoms with E-state index in [9.17, 15) is 4.79 Å². The summed E-state index contributed by atoms with van der Waals surface area (Å²) in [5.41, 5.74) is 6.83. The highest BCUT2D eigenvalue weighted by Crippen LogP contribution is 2.28. The first-order valence-corrected chi connectivity index (χ1v) is 6.38. The highest BCUT2D eigenvalue weighted by atomic mass is 16.5. The van der Waals surface area contributed by atoms with Crippen molar-refractivity contribution < 1.29 is 14.3 Å². The first-order valence-electron chi connectivity index (χ1n) is 6.38. The van der Waals surface area contributed by atoms with E-state index in [-0.39, 0.29) is 5.91 Å². The zero-order chi connectivity index (χ0) is 13.8. The van der Waals surface area contributed by atoms with Crippen LogP contribution in [-0.4, -0.2) is 44.7 Å². The molecule has 1 atom stereocenters. The quantitative estimate of drug-likeness (QED) is 0.835. The maximum atomic E-state index is 12.5. The maximum absolute atomic E-state index is 12.5. The van der Waals surface area contributed by atoms with Crippen LogP contribution in [-0.2, 0) is 4.74 Å². The topological polar surface area (TPSA) is 64.8 Å². The Morgan fingerprint density at radius 3 is 2.95 bits per heavy atom. The highest BCUT2D eigenvalue weighted by Gasteiger charge is 2.29. The van der Waals surface area contributed by atoms with Crippen molar-refractivity contribution in [1.29, 1.82) is 0 Å². The number of benzene rings is 1. The van der Waals surface area contributed by atoms with Gasteiger partial charge in [0.05, 0.1) is 13.7 Å². The van der Waals surface area contributed by atoms with Gasteiger partial charge in [0, 0.05) is 31.8 Å². The fourth-order valence-electron chi connectivity index (χ4n) is 2.49. The molecular weight excluding hydrogens is 244 g/mol. The van der Waals surface area contributed by atoms with Gasteiger partial charge in [-0.05, 0) is 18.6 Å². The molecule has 0 radical (unpaired) electrons. The van der Waals surface area contributed by atoms with Crippen molar-refractivity contribution in [1.82, 2.24) is 4.90 Å². The van der Waals surface area contributed by atoms with Crippen LogP contribution in [0.2, 0.25) is 0 Å². The SMILES string of the molecule is COCC1CCN(C(=O)c2c(N)cccc2OC)C1. The van der Waals surface area contributed by atoms with Crippen LogP contribution in [0.15, 0.2) is 18.2 Å². The van der Waals surface area contributed by atoms with Gasteiger partial charge in [-0.2, -0.15) is 0 Å². The summed E-state index contributed by atoms with van der Waals surface area (Å²) in [5, 5.41) is 0. The number of amides is 1. The average molecular weight is 264 g/mol. The Morgan fingerprint density at radius 2 is 2.26 bits per heavy atom. The van der Waals surface area contributed by atoms with Crippen molar-refractivity contribution in [2.45, 2.75) is 6.42 Å². The van der Waals surface area contributed by atoms with Gasteiger partial charge < -0.3 is 20.1 Å². The van der Waals surface area contributed by atoms with Crippen LogP contribution < -0.4 is 10.5 Å². The summed E-state index contributed by atoms with van der Waals surface area (Å²) in [5.74, 6) is 0.874. The molecule has 19 heavy (non-hydrogen) atoms. The lowest BCUT2D eigenvalue weighted by atomic mass is 10.1. The largest absolute Gasteiger partial charge is 0.496 e. The minimum absolute atomic E-state index is 0.0615. The van der Waals surface area contributed by atoms with Crippen LogP contribution in [0.1, 0.15) is 16.8 Å². The van der Waals surface area contributed by atoms with Crippen LogP contribution in [0.5, 0.6) is 5.75 Å². The number of hydrogen-bond donors (Lipinski definition) is 1. The van der Waals surface area contributed by atoms with E-state index in [1.807, 2.05) is 4.90 Å². The number of carbonyl (C=O) groups is 1. The summed E-state index contributed by atoms with van der Waals surface area (Å²) in [6, 6.07) is 5.26. The molecule has 0 saturated carbocycles. The fraction of sp³-hybridized carbons (Fsp3) is 0.500. The minimum Gasteiger partial charge on any atom is -0.496 e. The molecule has 0 spiro atoms. The molecule has 1 aromatic carbocycles. The van der Waals surface area contributed by atoms with Crippen molar-refractivity contribution in [2.24, 2.45) is 5.92 Å². The first kappa shape index (κ1) is 13.7. The molecule has 2 N–H and O–H groups in total. The van der Waals surface area contributed by atoms with Gasteiger partial charge in [-0.3, -0.25) is 4.79 Å². The predicted octanol–water partition coefficient (Wildman–Crippen LogP) is 1.39. The van der Waals surface area contributed by atoms with Gasteiger partial charge in [-0.25, -0.2) is 0 Å². The molecule has 104 valence electrons. The minimum atomic E-state index is -0.0615. The second-order valence-electron chi connectivity index (χ2n) is 4.79. The Balaban J connectivity index is 2.17. The molecule has 1 heterocycles. The second-order valence-corrected chi connectivity index (χ2v) is 4.79. The van der Waals surface area contributed by atoms with Crippen LogP contribution in [0.4, 0.5) is 5.69 Å². The molecule has 1 saturated heterocycles. The van der Waals surface area contributed by atoms with E-state index in [0.717, 1.165) is 13.0 Å². The molecule has 1 unspecified atom stereocenters. The number of hydrogen-bond acceptors (Lipinski definition) is 4. The first-order chi connectivity index (χ1) is 9.17. The van der Waals surface area contributed by atoms with Gasteiger partial charge >= 0.3 is 0 Å². The van der Waals surface area contributed by atoms with Crippen LogP contribution in [0, 0.1) is 5.92 Å². The third kappa shape index (κ3) is 2.81. The molecular formula is C14H20N2O3. The van der Waals surface area contributed by atoms with Crippen LogP contribution >= 0.6 is 0 Å². The van der Waals surface area contributed by atoms with Crippen molar-refractivity contribution in [3.05, 3.63) is 23.8 Å². The van der Waals surface area contributed by atoms with E-state index in [4.69, 9.17) is 15.2 Å². The molecule has 2 rings (SSSR count). The monoisotopic (exact) mass is 264 g/mol. The standard InChI is InChI=1S/C14H20N2O3/c1-18-9-10-6-7-16(8-10)14(17)13-11(15)4-3-5-12(13)19-2/h3-5,10H,6-9,15H2,1-2H3. The molecule has 1 amide bonds. The van der Waals surface area contributed by atoms with E-state index < -0.39 is 0 Å². The molecule has 0 aliphatic carbocycles. The third-order valence-electron chi connectivity index (χ3n) is 3.47. The number of nitrogens with zero attached hydrogens (tertiary/aromatic N) is 1. The fourth-order valence-corrected chi connectivity index (χ4v) is 2.49. The summed E-state index contributed by atoms with van der Waals surface area (Å²) >= 11 is 0. The number of rotatable bonds is 4. The molecule has 0 bridgehead atoms. The lowest BCUT2D eigenvalue weighted by Gasteiger charge is -2.19. The predicted molar refractivity (Wildman–Crippen MR) is 73.3 cm³/mol. The Labute approximate surface area is 113 Å². The van der Waals surface area contributed by atoms with E-state index in [1.165, 1.54) is 0 Å². The smallest absolute Gasteiger partial charge is 0.259 e. The lowest BCUT2D eigenvalue weighted by molar-refractivity contribution is 0.0773. The van der Waals surface area contributed by atoms with Crippen molar-refractivity contribution in [2.75, 3.05) is 39.6 Å². The summed E-state index contributed by atoms with van der Waals surface area (Å²) in [4.78, 5) is 14.3. The lowest BCUT2D eigenvalue weighted by Crippen LogP contribution is -2.30. The summed E-state index contributed by atoms with van der Waals surface area (Å²) in [6.07, 6.45) is 0.967. The van der Waals surface area contributed by atoms with E-state index in [2.05, 4.69) is 0 Å². The van der Waals surface area contributed by atoms with Gasteiger partial charge in [0.1, 0.15) is 11.3 Å². The number of carbonyl (C=O) groups excluding carboxylic acids is 1. The average Bonchev–Trinajstić information content (AvgIpc) is 2.86. The van der Waals surface area contributed by atoms with Gasteiger partial charge in [0.25, 0.3) is 5.91 Å². The normalized spacial score (nSPS) is 18.6. The van der Waals surface area contributed by atoms with Gasteiger partial charge in [0.15, 0.2) is 0 Å². The highest BCUT2D eigenvalue weighted by molar-refractivity contribution is 6.02. The Hall–Kier alpha value is -1.75. The molecule has 5 nitrogen and oxygen atoms in total. The van der Waals surface area contributed by atoms with Crippen molar-refractivity contribution in [3.8, 4) is 5.75 Å². The van der Waals surface area contributed by atoms with Crippen LogP contribution in [0.25, 0.3) is 0 Å². The van der Waals surface area contributed by atoms with E-state index in [0.29, 0.717) is 36.1 Å². The third-order valence-corrected chi connectivity index (χ3v) is 3.47.